The van der Waals surface area contributed by atoms with Gasteiger partial charge in [-0.2, -0.15) is 0 Å². The molecule has 7 nitrogen and oxygen atoms in total. The smallest absolute Gasteiger partial charge is 0.345 e. The number of sulfone groups is 1. The molecule has 0 saturated carbocycles. The topological polar surface area (TPSA) is 106 Å². The monoisotopic (exact) mass is 436 g/mol. The summed E-state index contributed by atoms with van der Waals surface area (Å²) >= 11 is 2.59. The van der Waals surface area contributed by atoms with E-state index in [9.17, 15) is 18.0 Å². The molecule has 0 radical (unpaired) electrons. The summed E-state index contributed by atoms with van der Waals surface area (Å²) in [6.45, 7) is 0. The minimum absolute atomic E-state index is 0.00253. The van der Waals surface area contributed by atoms with Crippen LogP contribution in [0.15, 0.2) is 49.3 Å². The van der Waals surface area contributed by atoms with E-state index in [1.807, 2.05) is 12.1 Å². The number of fused-ring (bicyclic) bond motifs is 1. The van der Waals surface area contributed by atoms with Gasteiger partial charge in [0.2, 0.25) is 5.91 Å². The maximum atomic E-state index is 12.2. The van der Waals surface area contributed by atoms with Crippen LogP contribution in [0.1, 0.15) is 6.42 Å². The molecule has 2 aromatic heterocycles. The molecule has 1 N–H and O–H groups in total. The highest BCUT2D eigenvalue weighted by Gasteiger charge is 2.28. The summed E-state index contributed by atoms with van der Waals surface area (Å²) in [5.74, 6) is 0.0299. The molecule has 1 fully saturated rings. The van der Waals surface area contributed by atoms with Crippen LogP contribution in [0.3, 0.4) is 0 Å². The second-order valence-electron chi connectivity index (χ2n) is 6.44. The van der Waals surface area contributed by atoms with Crippen LogP contribution in [0, 0.1) is 0 Å². The van der Waals surface area contributed by atoms with E-state index >= 15 is 0 Å². The quantitative estimate of drug-likeness (QED) is 0.483. The summed E-state index contributed by atoms with van der Waals surface area (Å²) in [7, 11) is -3.03. The van der Waals surface area contributed by atoms with Crippen molar-refractivity contribution in [2.24, 2.45) is 0 Å². The first-order valence-electron chi connectivity index (χ1n) is 8.51. The summed E-state index contributed by atoms with van der Waals surface area (Å²) < 4.78 is 28.9. The van der Waals surface area contributed by atoms with Crippen LogP contribution < -0.4 is 10.9 Å². The van der Waals surface area contributed by atoms with Gasteiger partial charge >= 0.3 is 5.63 Å². The van der Waals surface area contributed by atoms with E-state index in [-0.39, 0.29) is 29.2 Å². The van der Waals surface area contributed by atoms with Gasteiger partial charge in [0.25, 0.3) is 0 Å². The number of amides is 1. The van der Waals surface area contributed by atoms with Gasteiger partial charge in [0.1, 0.15) is 5.58 Å². The molecule has 3 heterocycles. The van der Waals surface area contributed by atoms with Crippen molar-refractivity contribution in [3.63, 3.8) is 0 Å². The fraction of sp³-hybridized carbons (Fsp3) is 0.278. The highest BCUT2D eigenvalue weighted by Crippen LogP contribution is 2.28. The number of thioether (sulfide) groups is 1. The molecule has 10 heteroatoms. The van der Waals surface area contributed by atoms with E-state index in [0.29, 0.717) is 27.6 Å². The molecular weight excluding hydrogens is 420 g/mol. The lowest BCUT2D eigenvalue weighted by Gasteiger charge is -2.09. The van der Waals surface area contributed by atoms with E-state index in [0.717, 1.165) is 5.39 Å². The van der Waals surface area contributed by atoms with E-state index < -0.39 is 15.5 Å². The molecule has 1 aliphatic heterocycles. The Hall–Kier alpha value is -2.17. The number of nitrogens with zero attached hydrogens (tertiary/aromatic N) is 1. The van der Waals surface area contributed by atoms with Crippen LogP contribution in [0.5, 0.6) is 0 Å². The van der Waals surface area contributed by atoms with Crippen LogP contribution in [-0.2, 0) is 14.6 Å². The average Bonchev–Trinajstić information content (AvgIpc) is 3.25. The Labute approximate surface area is 169 Å². The van der Waals surface area contributed by atoms with Crippen LogP contribution in [0.4, 0.5) is 0 Å². The van der Waals surface area contributed by atoms with Crippen LogP contribution >= 0.6 is 23.1 Å². The molecule has 1 atom stereocenters. The molecule has 1 aromatic carbocycles. The number of rotatable bonds is 5. The second-order valence-corrected chi connectivity index (χ2v) is 10.7. The Morgan fingerprint density at radius 2 is 2.18 bits per heavy atom. The Kier molecular flexibility index (Phi) is 5.26. The second kappa shape index (κ2) is 7.69. The molecule has 0 unspecified atom stereocenters. The maximum absolute atomic E-state index is 12.2. The largest absolute Gasteiger partial charge is 0.422 e. The first-order valence-corrected chi connectivity index (χ1v) is 12.2. The summed E-state index contributed by atoms with van der Waals surface area (Å²) in [5, 5.41) is 5.31. The highest BCUT2D eigenvalue weighted by molar-refractivity contribution is 8.01. The third-order valence-corrected chi connectivity index (χ3v) is 8.11. The molecule has 28 heavy (non-hydrogen) atoms. The summed E-state index contributed by atoms with van der Waals surface area (Å²) in [6, 6.07) is 8.69. The molecule has 0 aliphatic carbocycles. The average molecular weight is 437 g/mol. The molecule has 1 amide bonds. The van der Waals surface area contributed by atoms with Crippen molar-refractivity contribution in [2.75, 3.05) is 17.3 Å². The van der Waals surface area contributed by atoms with E-state index in [2.05, 4.69) is 10.3 Å². The van der Waals surface area contributed by atoms with Crippen molar-refractivity contribution in [1.29, 1.82) is 0 Å². The van der Waals surface area contributed by atoms with Gasteiger partial charge in [0, 0.05) is 16.8 Å². The van der Waals surface area contributed by atoms with E-state index in [4.69, 9.17) is 4.42 Å². The number of nitrogens with one attached hydrogen (secondary N) is 1. The van der Waals surface area contributed by atoms with E-state index in [1.165, 1.54) is 23.1 Å². The number of carbonyl (C=O) groups excluding carboxylic acids is 1. The minimum atomic E-state index is -3.03. The van der Waals surface area contributed by atoms with Crippen molar-refractivity contribution in [3.8, 4) is 11.3 Å². The van der Waals surface area contributed by atoms with Gasteiger partial charge in [-0.15, -0.1) is 11.3 Å². The molecule has 3 aromatic rings. The summed E-state index contributed by atoms with van der Waals surface area (Å²) in [4.78, 5) is 28.7. The molecule has 1 saturated heterocycles. The lowest BCUT2D eigenvalue weighted by Crippen LogP contribution is -2.36. The van der Waals surface area contributed by atoms with Gasteiger partial charge in [0.05, 0.1) is 28.5 Å². The van der Waals surface area contributed by atoms with Crippen LogP contribution in [-0.4, -0.2) is 42.6 Å². The number of hydrogen-bond donors (Lipinski definition) is 1. The van der Waals surface area contributed by atoms with Gasteiger partial charge < -0.3 is 9.73 Å². The third kappa shape index (κ3) is 4.29. The number of benzene rings is 1. The van der Waals surface area contributed by atoms with Crippen molar-refractivity contribution < 1.29 is 17.6 Å². The summed E-state index contributed by atoms with van der Waals surface area (Å²) in [5.41, 5.74) is 0.948. The molecule has 4 rings (SSSR count). The van der Waals surface area contributed by atoms with Gasteiger partial charge in [0.15, 0.2) is 14.2 Å². The van der Waals surface area contributed by atoms with Crippen LogP contribution in [0.25, 0.3) is 22.2 Å². The zero-order valence-corrected chi connectivity index (χ0v) is 17.0. The molecule has 1 aliphatic rings. The zero-order valence-electron chi connectivity index (χ0n) is 14.6. The number of thiazole rings is 1. The van der Waals surface area contributed by atoms with Crippen molar-refractivity contribution in [1.82, 2.24) is 10.3 Å². The van der Waals surface area contributed by atoms with Gasteiger partial charge in [-0.25, -0.2) is 18.2 Å². The zero-order chi connectivity index (χ0) is 19.7. The number of hydrogen-bond acceptors (Lipinski definition) is 8. The van der Waals surface area contributed by atoms with Gasteiger partial charge in [-0.3, -0.25) is 4.79 Å². The fourth-order valence-corrected chi connectivity index (χ4v) is 6.30. The number of aromatic nitrogens is 1. The van der Waals surface area contributed by atoms with Crippen molar-refractivity contribution in [2.45, 2.75) is 16.8 Å². The Morgan fingerprint density at radius 1 is 1.36 bits per heavy atom. The third-order valence-electron chi connectivity index (χ3n) is 4.32. The lowest BCUT2D eigenvalue weighted by atomic mass is 10.1. The number of carbonyl (C=O) groups is 1. The van der Waals surface area contributed by atoms with Crippen molar-refractivity contribution in [3.05, 3.63) is 46.1 Å². The van der Waals surface area contributed by atoms with E-state index in [1.54, 1.807) is 23.6 Å². The Balaban J connectivity index is 1.41. The maximum Gasteiger partial charge on any atom is 0.345 e. The predicted octanol–water partition coefficient (Wildman–Crippen LogP) is 2.31. The van der Waals surface area contributed by atoms with Crippen molar-refractivity contribution >= 4 is 49.8 Å². The lowest BCUT2D eigenvalue weighted by molar-refractivity contribution is -0.119. The molecule has 0 bridgehead atoms. The highest BCUT2D eigenvalue weighted by atomic mass is 32.2. The minimum Gasteiger partial charge on any atom is -0.422 e. The molecule has 0 spiro atoms. The normalized spacial score (nSPS) is 18.4. The SMILES string of the molecule is O=C(CSc1nc(-c2cc3ccccc3oc2=O)cs1)N[C@@H]1CCS(=O)(=O)C1. The van der Waals surface area contributed by atoms with Gasteiger partial charge in [-0.05, 0) is 18.6 Å². The molecular formula is C18H16N2O5S3. The first kappa shape index (κ1) is 19.2. The van der Waals surface area contributed by atoms with Crippen LogP contribution in [0.2, 0.25) is 0 Å². The predicted molar refractivity (Wildman–Crippen MR) is 110 cm³/mol. The first-order chi connectivity index (χ1) is 13.4. The van der Waals surface area contributed by atoms with Gasteiger partial charge in [-0.1, -0.05) is 30.0 Å². The summed E-state index contributed by atoms with van der Waals surface area (Å²) in [6.07, 6.45) is 0.456. The molecule has 146 valence electrons. The standard InChI is InChI=1S/C18H16N2O5S3/c21-16(19-12-5-6-28(23,24)10-12)9-27-18-20-14(8-26-18)13-7-11-3-1-2-4-15(11)25-17(13)22/h1-4,7-8,12H,5-6,9-10H2,(H,19,21)/t12-/m1/s1. The number of para-hydroxylation sites is 1. The Bertz CT molecular complexity index is 1200. The Morgan fingerprint density at radius 3 is 2.96 bits per heavy atom. The fourth-order valence-electron chi connectivity index (χ4n) is 2.99.